The van der Waals surface area contributed by atoms with Crippen molar-refractivity contribution in [3.63, 3.8) is 0 Å². The van der Waals surface area contributed by atoms with Crippen LogP contribution in [0.15, 0.2) is 24.3 Å². The van der Waals surface area contributed by atoms with E-state index in [1.165, 1.54) is 7.11 Å². The average molecular weight is 953 g/mol. The van der Waals surface area contributed by atoms with E-state index in [1.807, 2.05) is 65.8 Å². The summed E-state index contributed by atoms with van der Waals surface area (Å²) in [4.78, 5) is 52.0. The summed E-state index contributed by atoms with van der Waals surface area (Å²) in [6.07, 6.45) is -0.953. The van der Waals surface area contributed by atoms with Crippen molar-refractivity contribution in [1.29, 1.82) is 0 Å². The fraction of sp³-hybridized carbons (Fsp3) is 0.843. The Balaban J connectivity index is 1.71. The van der Waals surface area contributed by atoms with Crippen LogP contribution in [0.25, 0.3) is 0 Å². The molecule has 384 valence electrons. The first kappa shape index (κ1) is 56.8. The summed E-state index contributed by atoms with van der Waals surface area (Å²) < 4.78 is 62.9. The van der Waals surface area contributed by atoms with Gasteiger partial charge in [-0.1, -0.05) is 72.8 Å². The van der Waals surface area contributed by atoms with Crippen LogP contribution in [-0.2, 0) is 66.5 Å². The molecular formula is C51H84O16. The number of ether oxygens (including phenoxy) is 10. The molecule has 0 spiro atoms. The van der Waals surface area contributed by atoms with Crippen molar-refractivity contribution >= 4 is 24.2 Å². The molecule has 4 rings (SSSR count). The van der Waals surface area contributed by atoms with Crippen molar-refractivity contribution in [1.82, 2.24) is 0 Å². The van der Waals surface area contributed by atoms with Gasteiger partial charge in [0.1, 0.15) is 36.3 Å². The monoisotopic (exact) mass is 953 g/mol. The van der Waals surface area contributed by atoms with E-state index in [0.29, 0.717) is 18.8 Å². The number of carbonyl (C=O) groups excluding carboxylic acids is 4. The van der Waals surface area contributed by atoms with Crippen molar-refractivity contribution in [2.45, 2.75) is 232 Å². The molecule has 0 aromatic rings. The normalized spacial score (nSPS) is 40.6. The number of esters is 3. The summed E-state index contributed by atoms with van der Waals surface area (Å²) in [7, 11) is 1.42. The number of methoxy groups -OCH3 is 1. The van der Waals surface area contributed by atoms with Crippen LogP contribution >= 0.6 is 0 Å². The molecule has 0 aromatic carbocycles. The minimum absolute atomic E-state index is 0.00932. The third-order valence-corrected chi connectivity index (χ3v) is 13.7. The van der Waals surface area contributed by atoms with Crippen molar-refractivity contribution in [3.05, 3.63) is 24.3 Å². The van der Waals surface area contributed by atoms with Gasteiger partial charge in [-0.05, 0) is 83.5 Å². The van der Waals surface area contributed by atoms with Crippen LogP contribution < -0.4 is 0 Å². The van der Waals surface area contributed by atoms with Crippen molar-refractivity contribution in [2.75, 3.05) is 7.11 Å². The maximum absolute atomic E-state index is 13.6. The molecule has 4 heterocycles. The molecule has 0 radical (unpaired) electrons. The van der Waals surface area contributed by atoms with E-state index >= 15 is 0 Å². The minimum atomic E-state index is -1.49. The first-order valence-electron chi connectivity index (χ1n) is 24.8. The standard InChI is InChI=1S/C51H84O16/c1-14-39(53)63-38-26-41(55)59-32(8)18-16-15-17-19-37(64-42-21-20-30(6)33(9)60-42)31(7)25-36(22-23-52)47(48(38)58-13)67-50-45(56)44(29(4)5)46(34(10)62-50)66-43-27-51(12,57)49(35(11)61-43)65-40(54)24-28(2)3/h15-17,19,23,28-38,42-50,56-57H,14,18,20-22,24-27H2,1-13H3. The van der Waals surface area contributed by atoms with Gasteiger partial charge in [0.2, 0.25) is 0 Å². The molecule has 16 nitrogen and oxygen atoms in total. The average Bonchev–Trinajstić information content (AvgIpc) is 3.23. The fourth-order valence-corrected chi connectivity index (χ4v) is 9.88. The summed E-state index contributed by atoms with van der Waals surface area (Å²) in [6.45, 7) is 22.4. The number of hydrogen-bond donors (Lipinski definition) is 2. The Labute approximate surface area is 399 Å². The lowest BCUT2D eigenvalue weighted by molar-refractivity contribution is -0.349. The van der Waals surface area contributed by atoms with Gasteiger partial charge in [-0.3, -0.25) is 14.4 Å². The highest BCUT2D eigenvalue weighted by atomic mass is 16.7. The van der Waals surface area contributed by atoms with Crippen molar-refractivity contribution < 1.29 is 76.8 Å². The molecule has 0 bridgehead atoms. The fourth-order valence-electron chi connectivity index (χ4n) is 9.88. The van der Waals surface area contributed by atoms with E-state index in [9.17, 15) is 29.4 Å². The molecule has 0 aromatic heterocycles. The van der Waals surface area contributed by atoms with Gasteiger partial charge in [-0.15, -0.1) is 0 Å². The van der Waals surface area contributed by atoms with Gasteiger partial charge < -0.3 is 62.4 Å². The van der Waals surface area contributed by atoms with Crippen LogP contribution in [0.5, 0.6) is 0 Å². The highest BCUT2D eigenvalue weighted by Crippen LogP contribution is 2.41. The van der Waals surface area contributed by atoms with Crippen LogP contribution in [-0.4, -0.2) is 133 Å². The van der Waals surface area contributed by atoms with Gasteiger partial charge in [0, 0.05) is 45.1 Å². The van der Waals surface area contributed by atoms with Gasteiger partial charge in [-0.2, -0.15) is 0 Å². The van der Waals surface area contributed by atoms with Crippen LogP contribution in [0.3, 0.4) is 0 Å². The zero-order chi connectivity index (χ0) is 49.7. The highest BCUT2D eigenvalue weighted by Gasteiger charge is 2.53. The largest absolute Gasteiger partial charge is 0.462 e. The Morgan fingerprint density at radius 2 is 1.57 bits per heavy atom. The van der Waals surface area contributed by atoms with E-state index < -0.39 is 115 Å². The second kappa shape index (κ2) is 26.4. The summed E-state index contributed by atoms with van der Waals surface area (Å²) in [5.41, 5.74) is -1.49. The lowest BCUT2D eigenvalue weighted by atomic mass is 9.80. The number of carbonyl (C=O) groups is 4. The van der Waals surface area contributed by atoms with E-state index in [4.69, 9.17) is 47.4 Å². The van der Waals surface area contributed by atoms with Gasteiger partial charge in [0.25, 0.3) is 0 Å². The van der Waals surface area contributed by atoms with Crippen LogP contribution in [0.1, 0.15) is 141 Å². The van der Waals surface area contributed by atoms with Crippen molar-refractivity contribution in [2.24, 2.45) is 35.5 Å². The van der Waals surface area contributed by atoms with E-state index in [-0.39, 0.29) is 56.0 Å². The predicted octanol–water partition coefficient (Wildman–Crippen LogP) is 6.93. The molecule has 2 N–H and O–H groups in total. The first-order chi connectivity index (χ1) is 31.6. The molecule has 3 fully saturated rings. The first-order valence-corrected chi connectivity index (χ1v) is 24.8. The van der Waals surface area contributed by atoms with E-state index in [0.717, 1.165) is 19.1 Å². The molecule has 19 unspecified atom stereocenters. The molecule has 4 aliphatic heterocycles. The lowest BCUT2D eigenvalue weighted by Gasteiger charge is -2.50. The van der Waals surface area contributed by atoms with Gasteiger partial charge in [0.15, 0.2) is 25.0 Å². The number of aldehydes is 1. The Kier molecular flexibility index (Phi) is 22.4. The lowest BCUT2D eigenvalue weighted by Crippen LogP contribution is -2.62. The second-order valence-electron chi connectivity index (χ2n) is 20.5. The van der Waals surface area contributed by atoms with Gasteiger partial charge in [-0.25, -0.2) is 0 Å². The topological polar surface area (TPSA) is 201 Å². The Bertz CT molecular complexity index is 1610. The zero-order valence-corrected chi connectivity index (χ0v) is 42.4. The third kappa shape index (κ3) is 16.4. The third-order valence-electron chi connectivity index (χ3n) is 13.7. The number of rotatable bonds is 15. The quantitative estimate of drug-likeness (QED) is 0.0971. The summed E-state index contributed by atoms with van der Waals surface area (Å²) in [6, 6.07) is 0. The smallest absolute Gasteiger partial charge is 0.309 e. The SMILES string of the molecule is CCC(=O)OC1CC(=O)OC(C)CC=CC=CC(OC2CCC(C)C(C)O2)C(C)CC(CC=O)C(OC2OC(C)C(OC3CC(C)(O)C(OC(=O)CC(C)C)C(C)O3)C(C(C)C)C2O)C1OC. The number of aliphatic hydroxyl groups is 2. The van der Waals surface area contributed by atoms with E-state index in [2.05, 4.69) is 6.92 Å². The second-order valence-corrected chi connectivity index (χ2v) is 20.5. The maximum Gasteiger partial charge on any atom is 0.309 e. The molecule has 4 aliphatic rings. The van der Waals surface area contributed by atoms with Crippen molar-refractivity contribution in [3.8, 4) is 0 Å². The highest BCUT2D eigenvalue weighted by molar-refractivity contribution is 5.72. The summed E-state index contributed by atoms with van der Waals surface area (Å²) in [5.74, 6) is -2.88. The Morgan fingerprint density at radius 1 is 0.866 bits per heavy atom. The van der Waals surface area contributed by atoms with Gasteiger partial charge in [0.05, 0.1) is 43.0 Å². The molecule has 16 heteroatoms. The Morgan fingerprint density at radius 3 is 2.18 bits per heavy atom. The maximum atomic E-state index is 13.6. The molecule has 0 aliphatic carbocycles. The predicted molar refractivity (Wildman–Crippen MR) is 247 cm³/mol. The van der Waals surface area contributed by atoms with Gasteiger partial charge >= 0.3 is 17.9 Å². The molecular weight excluding hydrogens is 869 g/mol. The molecule has 0 amide bonds. The number of cyclic esters (lactones) is 1. The molecule has 19 atom stereocenters. The molecule has 0 saturated carbocycles. The number of allylic oxidation sites excluding steroid dienone is 2. The van der Waals surface area contributed by atoms with Crippen LogP contribution in [0, 0.1) is 35.5 Å². The Hall–Kier alpha value is -2.80. The minimum Gasteiger partial charge on any atom is -0.462 e. The van der Waals surface area contributed by atoms with E-state index in [1.54, 1.807) is 34.6 Å². The molecule has 67 heavy (non-hydrogen) atoms. The van der Waals surface area contributed by atoms with Crippen LogP contribution in [0.4, 0.5) is 0 Å². The molecule has 3 saturated heterocycles. The summed E-state index contributed by atoms with van der Waals surface area (Å²) >= 11 is 0. The zero-order valence-electron chi connectivity index (χ0n) is 42.4. The number of hydrogen-bond acceptors (Lipinski definition) is 16. The summed E-state index contributed by atoms with van der Waals surface area (Å²) in [5, 5.41) is 24.0. The van der Waals surface area contributed by atoms with Crippen LogP contribution in [0.2, 0.25) is 0 Å². The number of aliphatic hydroxyl groups excluding tert-OH is 1.